The van der Waals surface area contributed by atoms with Gasteiger partial charge in [-0.1, -0.05) is 12.8 Å². The van der Waals surface area contributed by atoms with Crippen LogP contribution < -0.4 is 15.5 Å². The first-order valence-electron chi connectivity index (χ1n) is 9.54. The molecule has 10 heteroatoms. The fourth-order valence-electron chi connectivity index (χ4n) is 3.75. The van der Waals surface area contributed by atoms with Crippen molar-refractivity contribution in [1.82, 2.24) is 19.6 Å². The summed E-state index contributed by atoms with van der Waals surface area (Å²) in [5.74, 6) is 0.488. The SMILES string of the molecule is O=C(Nc1ccc2ncc(N3CCN(S(=O)O)CC3)cc2n1)NC1CCCC1. The lowest BCUT2D eigenvalue weighted by atomic mass is 10.2. The van der Waals surface area contributed by atoms with E-state index in [1.807, 2.05) is 12.1 Å². The number of amides is 2. The number of hydrogen-bond acceptors (Lipinski definition) is 5. The second-order valence-electron chi connectivity index (χ2n) is 7.15. The van der Waals surface area contributed by atoms with Crippen LogP contribution in [0.4, 0.5) is 16.3 Å². The topological polar surface area (TPSA) is 111 Å². The Morgan fingerprint density at radius 1 is 1.14 bits per heavy atom. The summed E-state index contributed by atoms with van der Waals surface area (Å²) in [7, 11) is 0. The monoisotopic (exact) mass is 404 g/mol. The normalized spacial score (nSPS) is 19.7. The number of anilines is 2. The summed E-state index contributed by atoms with van der Waals surface area (Å²) < 4.78 is 21.9. The quantitative estimate of drug-likeness (QED) is 0.672. The van der Waals surface area contributed by atoms with Gasteiger partial charge in [0, 0.05) is 32.2 Å². The number of fused-ring (bicyclic) bond motifs is 1. The van der Waals surface area contributed by atoms with E-state index in [2.05, 4.69) is 25.5 Å². The highest BCUT2D eigenvalue weighted by atomic mass is 32.2. The van der Waals surface area contributed by atoms with Crippen LogP contribution in [-0.4, -0.2) is 61.3 Å². The van der Waals surface area contributed by atoms with Crippen LogP contribution in [0.25, 0.3) is 11.0 Å². The van der Waals surface area contributed by atoms with E-state index in [9.17, 15) is 13.6 Å². The number of nitrogens with one attached hydrogen (secondary N) is 2. The Morgan fingerprint density at radius 3 is 2.61 bits per heavy atom. The van der Waals surface area contributed by atoms with E-state index in [0.717, 1.165) is 36.9 Å². The molecule has 4 rings (SSSR count). The third-order valence-corrected chi connectivity index (χ3v) is 6.09. The van der Waals surface area contributed by atoms with Crippen LogP contribution in [0.15, 0.2) is 24.4 Å². The first-order chi connectivity index (χ1) is 13.6. The van der Waals surface area contributed by atoms with Crippen LogP contribution in [0, 0.1) is 0 Å². The number of urea groups is 1. The molecule has 1 aliphatic carbocycles. The molecule has 2 amide bonds. The standard InChI is InChI=1S/C18H24N6O3S/c25-18(20-13-3-1-2-4-13)22-17-6-5-15-16(21-17)11-14(12-19-15)23-7-9-24(10-8-23)28(26)27/h5-6,11-13H,1-4,7-10H2,(H,26,27)(H2,20,21,22,25). The zero-order chi connectivity index (χ0) is 19.5. The Morgan fingerprint density at radius 2 is 1.89 bits per heavy atom. The van der Waals surface area contributed by atoms with Gasteiger partial charge in [-0.05, 0) is 31.0 Å². The number of nitrogens with zero attached hydrogens (tertiary/aromatic N) is 4. The maximum atomic E-state index is 12.2. The molecule has 1 saturated heterocycles. The molecule has 3 heterocycles. The molecule has 2 aromatic heterocycles. The average molecular weight is 404 g/mol. The van der Waals surface area contributed by atoms with Gasteiger partial charge in [-0.3, -0.25) is 14.9 Å². The van der Waals surface area contributed by atoms with Crippen molar-refractivity contribution in [1.29, 1.82) is 0 Å². The molecular weight excluding hydrogens is 380 g/mol. The molecule has 2 fully saturated rings. The molecule has 0 radical (unpaired) electrons. The van der Waals surface area contributed by atoms with Gasteiger partial charge < -0.3 is 10.2 Å². The molecule has 150 valence electrons. The van der Waals surface area contributed by atoms with Gasteiger partial charge in [0.2, 0.25) is 11.3 Å². The van der Waals surface area contributed by atoms with Gasteiger partial charge in [-0.25, -0.2) is 14.0 Å². The van der Waals surface area contributed by atoms with Crippen molar-refractivity contribution >= 4 is 39.8 Å². The Balaban J connectivity index is 1.44. The van der Waals surface area contributed by atoms with Crippen molar-refractivity contribution in [2.45, 2.75) is 31.7 Å². The van der Waals surface area contributed by atoms with Gasteiger partial charge in [0.15, 0.2) is 0 Å². The van der Waals surface area contributed by atoms with E-state index in [4.69, 9.17) is 0 Å². The van der Waals surface area contributed by atoms with Crippen LogP contribution in [0.2, 0.25) is 0 Å². The predicted molar refractivity (Wildman–Crippen MR) is 109 cm³/mol. The van der Waals surface area contributed by atoms with Crippen LogP contribution in [-0.2, 0) is 11.3 Å². The number of piperazine rings is 1. The molecular formula is C18H24N6O3S. The first-order valence-corrected chi connectivity index (χ1v) is 10.6. The van der Waals surface area contributed by atoms with Crippen molar-refractivity contribution in [2.75, 3.05) is 36.4 Å². The van der Waals surface area contributed by atoms with Crippen LogP contribution in [0.5, 0.6) is 0 Å². The number of rotatable bonds is 4. The van der Waals surface area contributed by atoms with E-state index in [0.29, 0.717) is 37.5 Å². The van der Waals surface area contributed by atoms with Crippen molar-refractivity contribution in [2.24, 2.45) is 0 Å². The molecule has 3 N–H and O–H groups in total. The number of pyridine rings is 2. The van der Waals surface area contributed by atoms with Crippen LogP contribution >= 0.6 is 0 Å². The second-order valence-corrected chi connectivity index (χ2v) is 8.13. The largest absolute Gasteiger partial charge is 0.368 e. The highest BCUT2D eigenvalue weighted by molar-refractivity contribution is 7.76. The predicted octanol–water partition coefficient (Wildman–Crippen LogP) is 1.95. The van der Waals surface area contributed by atoms with Gasteiger partial charge in [0.05, 0.1) is 22.9 Å². The lowest BCUT2D eigenvalue weighted by Crippen LogP contribution is -2.46. The van der Waals surface area contributed by atoms with Crippen molar-refractivity contribution in [3.05, 3.63) is 24.4 Å². The van der Waals surface area contributed by atoms with Gasteiger partial charge in [-0.15, -0.1) is 0 Å². The van der Waals surface area contributed by atoms with Gasteiger partial charge in [0.25, 0.3) is 0 Å². The molecule has 1 atom stereocenters. The average Bonchev–Trinajstić information content (AvgIpc) is 3.20. The number of carbonyl (C=O) groups is 1. The van der Waals surface area contributed by atoms with Gasteiger partial charge >= 0.3 is 6.03 Å². The summed E-state index contributed by atoms with van der Waals surface area (Å²) >= 11 is -1.92. The zero-order valence-corrected chi connectivity index (χ0v) is 16.3. The number of carbonyl (C=O) groups excluding carboxylic acids is 1. The molecule has 1 unspecified atom stereocenters. The van der Waals surface area contributed by atoms with E-state index < -0.39 is 11.3 Å². The minimum atomic E-state index is -1.92. The highest BCUT2D eigenvalue weighted by Gasteiger charge is 2.21. The fourth-order valence-corrected chi connectivity index (χ4v) is 4.22. The number of hydrogen-bond donors (Lipinski definition) is 3. The van der Waals surface area contributed by atoms with E-state index in [-0.39, 0.29) is 12.1 Å². The summed E-state index contributed by atoms with van der Waals surface area (Å²) in [5, 5.41) is 5.80. The Kier molecular flexibility index (Phi) is 5.69. The third kappa shape index (κ3) is 4.40. The maximum absolute atomic E-state index is 12.2. The molecule has 1 saturated carbocycles. The smallest absolute Gasteiger partial charge is 0.320 e. The van der Waals surface area contributed by atoms with E-state index >= 15 is 0 Å². The molecule has 0 bridgehead atoms. The molecule has 2 aromatic rings. The lowest BCUT2D eigenvalue weighted by Gasteiger charge is -2.33. The minimum absolute atomic E-state index is 0.226. The molecule has 9 nitrogen and oxygen atoms in total. The minimum Gasteiger partial charge on any atom is -0.368 e. The van der Waals surface area contributed by atoms with Crippen LogP contribution in [0.1, 0.15) is 25.7 Å². The molecule has 1 aliphatic heterocycles. The Hall–Kier alpha value is -2.30. The summed E-state index contributed by atoms with van der Waals surface area (Å²) in [6.07, 6.45) is 6.17. The van der Waals surface area contributed by atoms with Gasteiger partial charge in [0.1, 0.15) is 5.82 Å². The molecule has 28 heavy (non-hydrogen) atoms. The second kappa shape index (κ2) is 8.38. The van der Waals surface area contributed by atoms with E-state index in [1.165, 1.54) is 4.31 Å². The van der Waals surface area contributed by atoms with Crippen molar-refractivity contribution < 1.29 is 13.6 Å². The highest BCUT2D eigenvalue weighted by Crippen LogP contribution is 2.22. The lowest BCUT2D eigenvalue weighted by molar-refractivity contribution is 0.248. The molecule has 0 aromatic carbocycles. The Bertz CT molecular complexity index is 881. The summed E-state index contributed by atoms with van der Waals surface area (Å²) in [6.45, 7) is 2.30. The summed E-state index contributed by atoms with van der Waals surface area (Å²) in [5.41, 5.74) is 2.36. The number of aromatic nitrogens is 2. The third-order valence-electron chi connectivity index (χ3n) is 5.28. The first kappa shape index (κ1) is 19.0. The summed E-state index contributed by atoms with van der Waals surface area (Å²) in [6, 6.07) is 5.55. The molecule has 2 aliphatic rings. The van der Waals surface area contributed by atoms with Crippen molar-refractivity contribution in [3.63, 3.8) is 0 Å². The summed E-state index contributed by atoms with van der Waals surface area (Å²) in [4.78, 5) is 23.3. The zero-order valence-electron chi connectivity index (χ0n) is 15.5. The maximum Gasteiger partial charge on any atom is 0.320 e. The van der Waals surface area contributed by atoms with Crippen molar-refractivity contribution in [3.8, 4) is 0 Å². The van der Waals surface area contributed by atoms with E-state index in [1.54, 1.807) is 12.3 Å². The van der Waals surface area contributed by atoms with Gasteiger partial charge in [-0.2, -0.15) is 4.31 Å². The Labute approximate surface area is 165 Å². The molecule has 0 spiro atoms. The van der Waals surface area contributed by atoms with Crippen LogP contribution in [0.3, 0.4) is 0 Å². The fraction of sp³-hybridized carbons (Fsp3) is 0.500.